The van der Waals surface area contributed by atoms with Gasteiger partial charge in [-0.25, -0.2) is 0 Å². The van der Waals surface area contributed by atoms with Gasteiger partial charge in [-0.3, -0.25) is 33.6 Å². The summed E-state index contributed by atoms with van der Waals surface area (Å²) in [7, 11) is 2.06. The van der Waals surface area contributed by atoms with Crippen molar-refractivity contribution in [2.24, 2.45) is 11.5 Å². The van der Waals surface area contributed by atoms with Crippen LogP contribution >= 0.6 is 46.4 Å². The highest BCUT2D eigenvalue weighted by atomic mass is 35.5. The Morgan fingerprint density at radius 3 is 1.92 bits per heavy atom. The molecule has 20 nitrogen and oxygen atoms in total. The van der Waals surface area contributed by atoms with E-state index in [1.165, 1.54) is 13.8 Å². The van der Waals surface area contributed by atoms with E-state index in [1.807, 2.05) is 30.3 Å². The summed E-state index contributed by atoms with van der Waals surface area (Å²) < 4.78 is 0. The lowest BCUT2D eigenvalue weighted by Crippen LogP contribution is -2.62. The summed E-state index contributed by atoms with van der Waals surface area (Å²) in [5, 5.41) is 50.5. The number of aliphatic hydroxyl groups excluding tert-OH is 3. The van der Waals surface area contributed by atoms with Crippen LogP contribution in [0.25, 0.3) is 10.9 Å². The molecule has 0 radical (unpaired) electrons. The third-order valence-electron chi connectivity index (χ3n) is 11.9. The van der Waals surface area contributed by atoms with Gasteiger partial charge in [0.15, 0.2) is 0 Å². The van der Waals surface area contributed by atoms with Crippen LogP contribution < -0.4 is 48.7 Å². The molecule has 1 saturated heterocycles. The van der Waals surface area contributed by atoms with E-state index in [0.29, 0.717) is 24.0 Å². The molecule has 5 rings (SSSR count). The Bertz CT molecular complexity index is 2410. The number of hydrogen-bond acceptors (Lipinski definition) is 14. The van der Waals surface area contributed by atoms with Gasteiger partial charge in [0.05, 0.1) is 30.9 Å². The first-order chi connectivity index (χ1) is 34.1. The van der Waals surface area contributed by atoms with E-state index in [-0.39, 0.29) is 68.5 Å². The smallest absolute Gasteiger partial charge is 0.245 e. The topological polar surface area (TPSA) is 332 Å². The lowest BCUT2D eigenvalue weighted by molar-refractivity contribution is -0.136. The van der Waals surface area contributed by atoms with Gasteiger partial charge < -0.3 is 69.0 Å². The first kappa shape index (κ1) is 61.9. The van der Waals surface area contributed by atoms with Crippen LogP contribution in [0, 0.1) is 0 Å². The fourth-order valence-electron chi connectivity index (χ4n) is 7.73. The molecule has 400 valence electrons. The first-order valence-electron chi connectivity index (χ1n) is 23.5. The lowest BCUT2D eigenvalue weighted by atomic mass is 10.0. The zero-order valence-electron chi connectivity index (χ0n) is 40.5. The molecule has 0 saturated carbocycles. The van der Waals surface area contributed by atoms with E-state index in [1.54, 1.807) is 60.8 Å². The summed E-state index contributed by atoms with van der Waals surface area (Å²) in [6.07, 6.45) is -0.156. The Morgan fingerprint density at radius 1 is 0.712 bits per heavy atom. The minimum Gasteiger partial charge on any atom is -0.394 e. The molecular formula is C49H68Cl2N10O10S2. The van der Waals surface area contributed by atoms with Gasteiger partial charge in [0.2, 0.25) is 41.4 Å². The van der Waals surface area contributed by atoms with Gasteiger partial charge in [0.25, 0.3) is 0 Å². The molecule has 24 heteroatoms. The quantitative estimate of drug-likeness (QED) is 0.0491. The number of aliphatic hydroxyl groups is 3. The number of nitrogens with one attached hydrogen (secondary N) is 8. The molecule has 3 unspecified atom stereocenters. The van der Waals surface area contributed by atoms with Crippen LogP contribution in [0.3, 0.4) is 0 Å². The molecule has 1 aliphatic rings. The van der Waals surface area contributed by atoms with Crippen LogP contribution in [0.2, 0.25) is 0 Å². The van der Waals surface area contributed by atoms with Gasteiger partial charge >= 0.3 is 0 Å². The molecule has 7 amide bonds. The number of carbonyl (C=O) groups is 7. The van der Waals surface area contributed by atoms with Crippen molar-refractivity contribution in [3.05, 3.63) is 108 Å². The maximum Gasteiger partial charge on any atom is 0.245 e. The second-order valence-corrected chi connectivity index (χ2v) is 20.0. The van der Waals surface area contributed by atoms with Crippen molar-refractivity contribution in [1.82, 2.24) is 42.2 Å². The Balaban J connectivity index is 0.00000703. The molecule has 0 bridgehead atoms. The standard InChI is InChI=1S/C49H66N10O10S2.2ClH/c1-28(61)39(25-60)56-48(68)41-27-71-70-26-40(57-43(63)34(51)21-30-13-5-3-6-14-30)47(67)54-37(22-31-15-7-4-8-16-31)45(65)55-38(23-32-24-52-35-18-10-9-17-33(32)35)46(66)53-36(19-11-12-20-50)44(64)59-42(29(2)62)49(69)58-41;;/h3-10,13-18,24,28-29,34,36-42,52,60-62H,11-12,19-23,25-27,50-51H2,1-2H3,(H,53,66)(H,54,67)(H,55,65)(H,56,68)(H,57,63)(H,58,69)(H,59,64);2*1H/t28-,29-,34-,36+,37?,38-,39-,40+,41?,42?;;/m1../s1. The number of benzene rings is 3. The molecule has 4 aromatic rings. The summed E-state index contributed by atoms with van der Waals surface area (Å²) in [4.78, 5) is 103. The summed E-state index contributed by atoms with van der Waals surface area (Å²) in [5.41, 5.74) is 15.0. The first-order valence-corrected chi connectivity index (χ1v) is 26.0. The van der Waals surface area contributed by atoms with Crippen LogP contribution in [0.5, 0.6) is 0 Å². The fraction of sp³-hybridized carbons (Fsp3) is 0.449. The normalized spacial score (nSPS) is 22.2. The van der Waals surface area contributed by atoms with Crippen LogP contribution in [-0.4, -0.2) is 147 Å². The van der Waals surface area contributed by atoms with Crippen molar-refractivity contribution in [2.75, 3.05) is 24.7 Å². The van der Waals surface area contributed by atoms with E-state index < -0.39 is 108 Å². The maximum absolute atomic E-state index is 14.7. The minimum absolute atomic E-state index is 0. The molecule has 1 aliphatic heterocycles. The highest BCUT2D eigenvalue weighted by molar-refractivity contribution is 8.76. The van der Waals surface area contributed by atoms with Gasteiger partial charge in [0.1, 0.15) is 36.3 Å². The lowest BCUT2D eigenvalue weighted by Gasteiger charge is -2.29. The molecule has 0 spiro atoms. The van der Waals surface area contributed by atoms with Crippen molar-refractivity contribution in [3.8, 4) is 0 Å². The number of para-hydroxylation sites is 1. The van der Waals surface area contributed by atoms with Crippen molar-refractivity contribution in [2.45, 2.75) is 113 Å². The van der Waals surface area contributed by atoms with Crippen molar-refractivity contribution >= 4 is 98.7 Å². The second kappa shape index (κ2) is 31.3. The SMILES string of the molecule is C[C@@H](O)C1NC(=O)[C@H](CCCCN)NC(=O)[C@@H](Cc2c[nH]c3ccccc23)NC(=O)C(Cc2ccccc2)NC(=O)[C@@H](NC(=O)[C@H](N)Cc2ccccc2)CSSCC(C(=O)N[C@H](CO)[C@@H](C)O)NC1=O.Cl.Cl. The zero-order valence-corrected chi connectivity index (χ0v) is 43.8. The predicted octanol–water partition coefficient (Wildman–Crippen LogP) is 0.0382. The van der Waals surface area contributed by atoms with Gasteiger partial charge in [-0.1, -0.05) is 100 Å². The van der Waals surface area contributed by atoms with Gasteiger partial charge in [-0.2, -0.15) is 0 Å². The Hall–Kier alpha value is -5.43. The maximum atomic E-state index is 14.7. The number of fused-ring (bicyclic) bond motifs is 1. The number of rotatable bonds is 17. The number of unbranched alkanes of at least 4 members (excludes halogenated alkanes) is 1. The molecule has 1 aromatic heterocycles. The van der Waals surface area contributed by atoms with Crippen molar-refractivity contribution in [1.29, 1.82) is 0 Å². The Kier molecular flexibility index (Phi) is 26.6. The van der Waals surface area contributed by atoms with Crippen molar-refractivity contribution < 1.29 is 48.9 Å². The van der Waals surface area contributed by atoms with Crippen LogP contribution in [0.1, 0.15) is 49.8 Å². The number of carbonyl (C=O) groups excluding carboxylic acids is 7. The minimum atomic E-state index is -1.66. The molecular weight excluding hydrogens is 1020 g/mol. The predicted molar refractivity (Wildman–Crippen MR) is 287 cm³/mol. The van der Waals surface area contributed by atoms with Gasteiger partial charge in [0, 0.05) is 41.4 Å². The van der Waals surface area contributed by atoms with Crippen LogP contribution in [-0.2, 0) is 52.8 Å². The van der Waals surface area contributed by atoms with E-state index in [0.717, 1.165) is 38.1 Å². The fourth-order valence-corrected chi connectivity index (χ4v) is 10.1. The highest BCUT2D eigenvalue weighted by Crippen LogP contribution is 2.24. The van der Waals surface area contributed by atoms with Crippen LogP contribution in [0.4, 0.5) is 0 Å². The number of aromatic amines is 1. The number of H-pyrrole nitrogens is 1. The summed E-state index contributed by atoms with van der Waals surface area (Å²) >= 11 is 0. The van der Waals surface area contributed by atoms with Gasteiger partial charge in [-0.05, 0) is 68.8 Å². The summed E-state index contributed by atoms with van der Waals surface area (Å²) in [6.45, 7) is 2.23. The Labute approximate surface area is 444 Å². The van der Waals surface area contributed by atoms with Gasteiger partial charge in [-0.15, -0.1) is 24.8 Å². The number of hydrogen-bond donors (Lipinski definition) is 13. The number of amides is 7. The Morgan fingerprint density at radius 2 is 1.29 bits per heavy atom. The zero-order chi connectivity index (χ0) is 51.5. The number of halogens is 2. The summed E-state index contributed by atoms with van der Waals surface area (Å²) in [6, 6.07) is 14.6. The molecule has 73 heavy (non-hydrogen) atoms. The second-order valence-electron chi connectivity index (χ2n) is 17.5. The van der Waals surface area contributed by atoms with Crippen molar-refractivity contribution in [3.63, 3.8) is 0 Å². The van der Waals surface area contributed by atoms with E-state index >= 15 is 0 Å². The van der Waals surface area contributed by atoms with Crippen LogP contribution in [0.15, 0.2) is 91.1 Å². The third kappa shape index (κ3) is 19.1. The molecule has 10 atom stereocenters. The van der Waals surface area contributed by atoms with E-state index in [2.05, 4.69) is 42.2 Å². The third-order valence-corrected chi connectivity index (χ3v) is 14.3. The average Bonchev–Trinajstić information content (AvgIpc) is 3.76. The largest absolute Gasteiger partial charge is 0.394 e. The van der Waals surface area contributed by atoms with E-state index in [4.69, 9.17) is 11.5 Å². The molecule has 15 N–H and O–H groups in total. The highest BCUT2D eigenvalue weighted by Gasteiger charge is 2.36. The number of nitrogens with two attached hydrogens (primary N) is 2. The molecule has 1 fully saturated rings. The average molecular weight is 1090 g/mol. The summed E-state index contributed by atoms with van der Waals surface area (Å²) in [5.74, 6) is -6.01. The molecule has 3 aromatic carbocycles. The monoisotopic (exact) mass is 1090 g/mol. The molecule has 0 aliphatic carbocycles. The molecule has 2 heterocycles. The number of aromatic nitrogens is 1. The van der Waals surface area contributed by atoms with E-state index in [9.17, 15) is 48.9 Å².